The van der Waals surface area contributed by atoms with Gasteiger partial charge in [-0.3, -0.25) is 4.72 Å². The Hall–Kier alpha value is -1.70. The molecule has 0 atom stereocenters. The van der Waals surface area contributed by atoms with Crippen molar-refractivity contribution >= 4 is 38.9 Å². The Kier molecular flexibility index (Phi) is 4.76. The average molecular weight is 392 g/mol. The van der Waals surface area contributed by atoms with Gasteiger partial charge in [-0.1, -0.05) is 23.2 Å². The largest absolute Gasteiger partial charge is 0.490 e. The zero-order valence-electron chi connectivity index (χ0n) is 12.2. The molecule has 0 saturated heterocycles. The lowest BCUT2D eigenvalue weighted by molar-refractivity contribution is 0.297. The van der Waals surface area contributed by atoms with Gasteiger partial charge in [-0.05, 0) is 18.2 Å². The lowest BCUT2D eigenvalue weighted by atomic mass is 10.3. The van der Waals surface area contributed by atoms with E-state index in [1.165, 1.54) is 12.1 Å². The molecular weight excluding hydrogens is 380 g/mol. The maximum absolute atomic E-state index is 13.1. The number of sulfonamides is 1. The summed E-state index contributed by atoms with van der Waals surface area (Å²) in [5.41, 5.74) is 0.112. The van der Waals surface area contributed by atoms with Gasteiger partial charge < -0.3 is 9.47 Å². The Labute approximate surface area is 148 Å². The predicted octanol–water partition coefficient (Wildman–Crippen LogP) is 4.09. The molecule has 128 valence electrons. The summed E-state index contributed by atoms with van der Waals surface area (Å²) in [6, 6.07) is 5.93. The van der Waals surface area contributed by atoms with Crippen molar-refractivity contribution < 1.29 is 22.3 Å². The van der Waals surface area contributed by atoms with Gasteiger partial charge in [-0.15, -0.1) is 0 Å². The maximum atomic E-state index is 13.1. The van der Waals surface area contributed by atoms with E-state index in [2.05, 4.69) is 4.72 Å². The monoisotopic (exact) mass is 391 g/mol. The van der Waals surface area contributed by atoms with Crippen LogP contribution in [0.1, 0.15) is 6.42 Å². The smallest absolute Gasteiger partial charge is 0.263 e. The van der Waals surface area contributed by atoms with E-state index in [1.54, 1.807) is 0 Å². The number of ether oxygens (including phenoxy) is 2. The highest BCUT2D eigenvalue weighted by Gasteiger charge is 2.22. The highest BCUT2D eigenvalue weighted by Crippen LogP contribution is 2.38. The van der Waals surface area contributed by atoms with Crippen LogP contribution in [0, 0.1) is 5.82 Å². The first-order valence-corrected chi connectivity index (χ1v) is 9.18. The molecule has 0 bridgehead atoms. The van der Waals surface area contributed by atoms with Crippen molar-refractivity contribution in [2.45, 2.75) is 11.3 Å². The van der Waals surface area contributed by atoms with Gasteiger partial charge in [-0.2, -0.15) is 0 Å². The molecule has 0 saturated carbocycles. The minimum atomic E-state index is -4.05. The molecule has 9 heteroatoms. The Morgan fingerprint density at radius 3 is 2.33 bits per heavy atom. The van der Waals surface area contributed by atoms with E-state index in [-0.39, 0.29) is 20.6 Å². The van der Waals surface area contributed by atoms with Gasteiger partial charge in [-0.25, -0.2) is 12.8 Å². The number of anilines is 1. The second kappa shape index (κ2) is 6.66. The Bertz CT molecular complexity index is 889. The normalized spacial score (nSPS) is 14.1. The Morgan fingerprint density at radius 2 is 1.67 bits per heavy atom. The first kappa shape index (κ1) is 17.1. The van der Waals surface area contributed by atoms with E-state index >= 15 is 0 Å². The molecule has 0 amide bonds. The number of halogens is 3. The third kappa shape index (κ3) is 3.53. The predicted molar refractivity (Wildman–Crippen MR) is 89.3 cm³/mol. The van der Waals surface area contributed by atoms with Crippen LogP contribution in [0.5, 0.6) is 11.5 Å². The molecule has 0 aliphatic carbocycles. The summed E-state index contributed by atoms with van der Waals surface area (Å²) in [6.07, 6.45) is 0.707. The molecule has 0 unspecified atom stereocenters. The van der Waals surface area contributed by atoms with E-state index in [1.807, 2.05) is 0 Å². The molecule has 2 aromatic rings. The number of hydrogen-bond acceptors (Lipinski definition) is 4. The molecule has 0 fully saturated rings. The number of benzene rings is 2. The third-order valence-corrected chi connectivity index (χ3v) is 5.43. The van der Waals surface area contributed by atoms with Crippen LogP contribution in [-0.2, 0) is 10.0 Å². The van der Waals surface area contributed by atoms with Gasteiger partial charge >= 0.3 is 0 Å². The zero-order valence-corrected chi connectivity index (χ0v) is 14.5. The van der Waals surface area contributed by atoms with Crippen molar-refractivity contribution in [3.8, 4) is 11.5 Å². The van der Waals surface area contributed by atoms with Crippen LogP contribution in [0.25, 0.3) is 0 Å². The minimum Gasteiger partial charge on any atom is -0.490 e. The summed E-state index contributed by atoms with van der Waals surface area (Å²) in [5.74, 6) is 0.202. The van der Waals surface area contributed by atoms with Crippen molar-refractivity contribution in [1.82, 2.24) is 0 Å². The Morgan fingerprint density at radius 1 is 1.00 bits per heavy atom. The molecule has 1 aliphatic rings. The number of hydrogen-bond donors (Lipinski definition) is 1. The van der Waals surface area contributed by atoms with Gasteiger partial charge in [0.1, 0.15) is 10.7 Å². The van der Waals surface area contributed by atoms with Gasteiger partial charge in [0.05, 0.1) is 28.9 Å². The number of fused-ring (bicyclic) bond motifs is 1. The summed E-state index contributed by atoms with van der Waals surface area (Å²) < 4.78 is 51.4. The van der Waals surface area contributed by atoms with E-state index in [0.717, 1.165) is 18.2 Å². The maximum Gasteiger partial charge on any atom is 0.263 e. The first-order chi connectivity index (χ1) is 11.4. The number of nitrogens with one attached hydrogen (secondary N) is 1. The molecule has 1 aliphatic heterocycles. The van der Waals surface area contributed by atoms with Crippen molar-refractivity contribution in [1.29, 1.82) is 0 Å². The molecule has 0 spiro atoms. The minimum absolute atomic E-state index is 0.112. The summed E-state index contributed by atoms with van der Waals surface area (Å²) in [5, 5.41) is -0.0889. The van der Waals surface area contributed by atoms with Gasteiger partial charge in [0.15, 0.2) is 11.5 Å². The fourth-order valence-electron chi connectivity index (χ4n) is 2.16. The molecule has 0 aromatic heterocycles. The fourth-order valence-corrected chi connectivity index (χ4v) is 4.02. The zero-order chi connectivity index (χ0) is 17.3. The van der Waals surface area contributed by atoms with Gasteiger partial charge in [0, 0.05) is 18.6 Å². The van der Waals surface area contributed by atoms with E-state index < -0.39 is 15.8 Å². The lowest BCUT2D eigenvalue weighted by Gasteiger charge is -2.14. The number of rotatable bonds is 3. The topological polar surface area (TPSA) is 64.6 Å². The van der Waals surface area contributed by atoms with Crippen molar-refractivity contribution in [2.75, 3.05) is 17.9 Å². The van der Waals surface area contributed by atoms with Crippen molar-refractivity contribution in [2.24, 2.45) is 0 Å². The second-order valence-electron chi connectivity index (χ2n) is 5.01. The van der Waals surface area contributed by atoms with Gasteiger partial charge in [0.2, 0.25) is 0 Å². The van der Waals surface area contributed by atoms with E-state index in [4.69, 9.17) is 32.7 Å². The van der Waals surface area contributed by atoms with Crippen LogP contribution in [0.4, 0.5) is 10.1 Å². The average Bonchev–Trinajstić information content (AvgIpc) is 2.72. The molecule has 5 nitrogen and oxygen atoms in total. The molecule has 1 N–H and O–H groups in total. The molecule has 1 heterocycles. The van der Waals surface area contributed by atoms with E-state index in [9.17, 15) is 12.8 Å². The second-order valence-corrected chi connectivity index (χ2v) is 7.47. The molecule has 3 rings (SSSR count). The van der Waals surface area contributed by atoms with Crippen LogP contribution in [0.3, 0.4) is 0 Å². The highest BCUT2D eigenvalue weighted by molar-refractivity contribution is 7.92. The van der Waals surface area contributed by atoms with Crippen molar-refractivity contribution in [3.05, 3.63) is 46.2 Å². The molecular formula is C15H12Cl2FNO4S. The highest BCUT2D eigenvalue weighted by atomic mass is 35.5. The fraction of sp³-hybridized carbons (Fsp3) is 0.200. The molecule has 24 heavy (non-hydrogen) atoms. The summed E-state index contributed by atoms with van der Waals surface area (Å²) in [6.45, 7) is 0.935. The summed E-state index contributed by atoms with van der Waals surface area (Å²) in [7, 11) is -4.05. The Balaban J connectivity index is 1.96. The molecule has 0 radical (unpaired) electrons. The molecule has 2 aromatic carbocycles. The quantitative estimate of drug-likeness (QED) is 0.855. The summed E-state index contributed by atoms with van der Waals surface area (Å²) in [4.78, 5) is -0.256. The van der Waals surface area contributed by atoms with Crippen LogP contribution < -0.4 is 14.2 Å². The lowest BCUT2D eigenvalue weighted by Crippen LogP contribution is -2.14. The van der Waals surface area contributed by atoms with Crippen LogP contribution >= 0.6 is 23.2 Å². The van der Waals surface area contributed by atoms with Crippen LogP contribution in [0.2, 0.25) is 10.0 Å². The SMILES string of the molecule is O=S(=O)(Nc1cc2c(cc1Cl)OCCCO2)c1ccc(F)cc1Cl. The first-order valence-electron chi connectivity index (χ1n) is 6.94. The van der Waals surface area contributed by atoms with E-state index in [0.29, 0.717) is 31.1 Å². The third-order valence-electron chi connectivity index (χ3n) is 3.26. The van der Waals surface area contributed by atoms with Crippen LogP contribution in [0.15, 0.2) is 35.2 Å². The standard InChI is InChI=1S/C15H12Cl2FNO4S/c16-10-7-13-14(23-5-1-4-22-13)8-12(10)19-24(20,21)15-3-2-9(18)6-11(15)17/h2-3,6-8,19H,1,4-5H2. The van der Waals surface area contributed by atoms with Crippen LogP contribution in [-0.4, -0.2) is 21.6 Å². The van der Waals surface area contributed by atoms with Gasteiger partial charge in [0.25, 0.3) is 10.0 Å². The van der Waals surface area contributed by atoms with Crippen molar-refractivity contribution in [3.63, 3.8) is 0 Å². The summed E-state index contributed by atoms with van der Waals surface area (Å²) >= 11 is 11.9.